The van der Waals surface area contributed by atoms with Crippen LogP contribution in [0.2, 0.25) is 0 Å². The van der Waals surface area contributed by atoms with E-state index in [1.165, 1.54) is 6.07 Å². The van der Waals surface area contributed by atoms with Crippen molar-refractivity contribution in [3.8, 4) is 5.69 Å². The van der Waals surface area contributed by atoms with Crippen LogP contribution in [0.5, 0.6) is 0 Å². The third kappa shape index (κ3) is 4.43. The van der Waals surface area contributed by atoms with E-state index in [1.54, 1.807) is 22.9 Å². The highest BCUT2D eigenvalue weighted by Crippen LogP contribution is 2.15. The van der Waals surface area contributed by atoms with Gasteiger partial charge in [-0.2, -0.15) is 0 Å². The van der Waals surface area contributed by atoms with Crippen LogP contribution in [0.1, 0.15) is 33.1 Å². The van der Waals surface area contributed by atoms with Crippen molar-refractivity contribution < 1.29 is 9.18 Å². The Morgan fingerprint density at radius 1 is 0.967 bits per heavy atom. The van der Waals surface area contributed by atoms with E-state index in [2.05, 4.69) is 15.4 Å². The van der Waals surface area contributed by atoms with E-state index < -0.39 is 5.91 Å². The van der Waals surface area contributed by atoms with E-state index in [0.717, 1.165) is 16.8 Å². The van der Waals surface area contributed by atoms with E-state index in [-0.39, 0.29) is 18.2 Å². The van der Waals surface area contributed by atoms with Crippen molar-refractivity contribution in [1.82, 2.24) is 20.1 Å². The van der Waals surface area contributed by atoms with E-state index in [0.29, 0.717) is 17.8 Å². The number of nitrogens with one attached hydrogen (secondary N) is 1. The first kappa shape index (κ1) is 19.5. The van der Waals surface area contributed by atoms with Crippen LogP contribution in [0.3, 0.4) is 0 Å². The summed E-state index contributed by atoms with van der Waals surface area (Å²) in [6.45, 7) is 2.08. The molecule has 1 heterocycles. The lowest BCUT2D eigenvalue weighted by atomic mass is 10.1. The first-order valence-electron chi connectivity index (χ1n) is 9.68. The third-order valence-electron chi connectivity index (χ3n) is 4.76. The highest BCUT2D eigenvalue weighted by molar-refractivity contribution is 5.90. The van der Waals surface area contributed by atoms with Gasteiger partial charge in [-0.25, -0.2) is 14.1 Å². The van der Waals surface area contributed by atoms with Crippen molar-refractivity contribution >= 4 is 5.91 Å². The molecule has 4 rings (SSSR count). The largest absolute Gasteiger partial charge is 0.345 e. The van der Waals surface area contributed by atoms with Crippen LogP contribution in [0.4, 0.5) is 4.39 Å². The third-order valence-corrected chi connectivity index (χ3v) is 4.76. The number of amides is 1. The number of carbonyl (C=O) groups is 1. The number of benzene rings is 3. The van der Waals surface area contributed by atoms with Crippen LogP contribution < -0.4 is 5.32 Å². The van der Waals surface area contributed by atoms with Crippen molar-refractivity contribution in [2.45, 2.75) is 19.9 Å². The highest BCUT2D eigenvalue weighted by atomic mass is 19.1. The van der Waals surface area contributed by atoms with Gasteiger partial charge in [-0.05, 0) is 30.7 Å². The smallest absolute Gasteiger partial charge is 0.291 e. The van der Waals surface area contributed by atoms with Gasteiger partial charge in [0.05, 0.1) is 5.69 Å². The minimum absolute atomic E-state index is 0.0536. The highest BCUT2D eigenvalue weighted by Gasteiger charge is 2.18. The molecule has 5 nitrogen and oxygen atoms in total. The molecule has 4 aromatic rings. The van der Waals surface area contributed by atoms with Crippen molar-refractivity contribution in [2.75, 3.05) is 0 Å². The first-order valence-corrected chi connectivity index (χ1v) is 9.68. The molecule has 1 amide bonds. The summed E-state index contributed by atoms with van der Waals surface area (Å²) < 4.78 is 15.5. The maximum Gasteiger partial charge on any atom is 0.291 e. The molecule has 1 aromatic heterocycles. The molecule has 150 valence electrons. The molecule has 6 heteroatoms. The molecule has 0 aliphatic rings. The Balaban J connectivity index is 1.61. The number of rotatable bonds is 6. The zero-order chi connectivity index (χ0) is 20.9. The van der Waals surface area contributed by atoms with Crippen LogP contribution >= 0.6 is 0 Å². The number of nitrogens with zero attached hydrogens (tertiary/aromatic N) is 3. The van der Waals surface area contributed by atoms with Gasteiger partial charge < -0.3 is 5.32 Å². The summed E-state index contributed by atoms with van der Waals surface area (Å²) in [5, 5.41) is 7.14. The fourth-order valence-electron chi connectivity index (χ4n) is 3.12. The van der Waals surface area contributed by atoms with Crippen LogP contribution in [-0.4, -0.2) is 20.7 Å². The second-order valence-corrected chi connectivity index (χ2v) is 7.04. The number of halogens is 1. The van der Waals surface area contributed by atoms with Crippen molar-refractivity contribution in [3.63, 3.8) is 0 Å². The van der Waals surface area contributed by atoms with Gasteiger partial charge in [0, 0.05) is 18.5 Å². The van der Waals surface area contributed by atoms with Gasteiger partial charge in [0.1, 0.15) is 11.6 Å². The van der Waals surface area contributed by atoms with Crippen molar-refractivity contribution in [2.24, 2.45) is 0 Å². The average molecular weight is 400 g/mol. The Hall–Kier alpha value is -3.80. The molecule has 30 heavy (non-hydrogen) atoms. The summed E-state index contributed by atoms with van der Waals surface area (Å²) in [6.07, 6.45) is 0.530. The summed E-state index contributed by atoms with van der Waals surface area (Å²) in [4.78, 5) is 17.1. The van der Waals surface area contributed by atoms with Gasteiger partial charge in [-0.3, -0.25) is 4.79 Å². The number of aromatic nitrogens is 3. The Morgan fingerprint density at radius 3 is 2.40 bits per heavy atom. The van der Waals surface area contributed by atoms with Crippen LogP contribution in [0.15, 0.2) is 78.9 Å². The van der Waals surface area contributed by atoms with Gasteiger partial charge in [0.25, 0.3) is 5.91 Å². The van der Waals surface area contributed by atoms with Gasteiger partial charge in [-0.1, -0.05) is 66.2 Å². The van der Waals surface area contributed by atoms with Gasteiger partial charge >= 0.3 is 0 Å². The predicted octanol–water partition coefficient (Wildman–Crippen LogP) is 4.24. The fraction of sp³-hybridized carbons (Fsp3) is 0.125. The minimum atomic E-state index is -0.446. The van der Waals surface area contributed by atoms with Gasteiger partial charge in [0.2, 0.25) is 5.82 Å². The monoisotopic (exact) mass is 400 g/mol. The quantitative estimate of drug-likeness (QED) is 0.527. The Morgan fingerprint density at radius 2 is 1.67 bits per heavy atom. The summed E-state index contributed by atoms with van der Waals surface area (Å²) in [5.74, 6) is -0.0990. The Kier molecular flexibility index (Phi) is 5.66. The normalized spacial score (nSPS) is 10.7. The molecule has 1 N–H and O–H groups in total. The summed E-state index contributed by atoms with van der Waals surface area (Å²) >= 11 is 0. The lowest BCUT2D eigenvalue weighted by Crippen LogP contribution is -2.24. The topological polar surface area (TPSA) is 59.8 Å². The van der Waals surface area contributed by atoms with Crippen LogP contribution in [0.25, 0.3) is 5.69 Å². The summed E-state index contributed by atoms with van der Waals surface area (Å²) in [6, 6.07) is 24.1. The second kappa shape index (κ2) is 8.69. The van der Waals surface area contributed by atoms with Crippen molar-refractivity contribution in [3.05, 3.63) is 113 Å². The van der Waals surface area contributed by atoms with E-state index in [9.17, 15) is 9.18 Å². The maximum absolute atomic E-state index is 13.8. The Bertz CT molecular complexity index is 1150. The van der Waals surface area contributed by atoms with Gasteiger partial charge in [-0.15, -0.1) is 5.10 Å². The predicted molar refractivity (Wildman–Crippen MR) is 113 cm³/mol. The van der Waals surface area contributed by atoms with Crippen molar-refractivity contribution in [1.29, 1.82) is 0 Å². The Labute approximate surface area is 174 Å². The molecule has 0 radical (unpaired) electrons. The number of hydrogen-bond donors (Lipinski definition) is 1. The van der Waals surface area contributed by atoms with Gasteiger partial charge in [0.15, 0.2) is 0 Å². The molecule has 0 unspecified atom stereocenters. The summed E-state index contributed by atoms with van der Waals surface area (Å²) in [7, 11) is 0. The number of hydrogen-bond acceptors (Lipinski definition) is 3. The standard InChI is InChI=1S/C24H21FN4O/c1-17-11-13-20(14-12-17)29-22(15-18-7-3-2-4-8-18)27-23(28-29)24(30)26-16-19-9-5-6-10-21(19)25/h2-14H,15-16H2,1H3,(H,26,30). The molecule has 0 fully saturated rings. The number of carbonyl (C=O) groups excluding carboxylic acids is 1. The maximum atomic E-state index is 13.8. The average Bonchev–Trinajstić information content (AvgIpc) is 3.18. The molecule has 0 atom stereocenters. The molecule has 0 saturated heterocycles. The zero-order valence-electron chi connectivity index (χ0n) is 16.5. The second-order valence-electron chi connectivity index (χ2n) is 7.04. The minimum Gasteiger partial charge on any atom is -0.345 e. The SMILES string of the molecule is Cc1ccc(-n2nc(C(=O)NCc3ccccc3F)nc2Cc2ccccc2)cc1. The molecule has 0 spiro atoms. The lowest BCUT2D eigenvalue weighted by Gasteiger charge is -2.06. The summed E-state index contributed by atoms with van der Waals surface area (Å²) in [5.41, 5.74) is 3.43. The molecule has 0 aliphatic carbocycles. The first-order chi connectivity index (χ1) is 14.6. The zero-order valence-corrected chi connectivity index (χ0v) is 16.5. The molecule has 0 aliphatic heterocycles. The van der Waals surface area contributed by atoms with E-state index >= 15 is 0 Å². The lowest BCUT2D eigenvalue weighted by molar-refractivity contribution is 0.0940. The molecule has 3 aromatic carbocycles. The molecular weight excluding hydrogens is 379 g/mol. The molecule has 0 saturated carbocycles. The number of aryl methyl sites for hydroxylation is 1. The van der Waals surface area contributed by atoms with Crippen LogP contribution in [-0.2, 0) is 13.0 Å². The van der Waals surface area contributed by atoms with E-state index in [1.807, 2.05) is 61.5 Å². The molecular formula is C24H21FN4O. The molecule has 0 bridgehead atoms. The fourth-order valence-corrected chi connectivity index (χ4v) is 3.12. The van der Waals surface area contributed by atoms with Crippen LogP contribution in [0, 0.1) is 12.7 Å². The van der Waals surface area contributed by atoms with E-state index in [4.69, 9.17) is 0 Å².